The summed E-state index contributed by atoms with van der Waals surface area (Å²) >= 11 is 0. The lowest BCUT2D eigenvalue weighted by Gasteiger charge is -2.27. The van der Waals surface area contributed by atoms with Crippen LogP contribution in [-0.2, 0) is 6.54 Å². The standard InChI is InChI=1S/C16H25NO2/c1-16(2,3)13-7-8-17(11-13)10-12-5-6-14(19-4)9-15(12)18/h5-6,9,13,18H,7-8,10-11H2,1-4H3. The lowest BCUT2D eigenvalue weighted by Crippen LogP contribution is -2.25. The summed E-state index contributed by atoms with van der Waals surface area (Å²) in [4.78, 5) is 2.43. The molecule has 1 heterocycles. The van der Waals surface area contributed by atoms with E-state index in [4.69, 9.17) is 4.74 Å². The van der Waals surface area contributed by atoms with E-state index in [-0.39, 0.29) is 0 Å². The predicted molar refractivity (Wildman–Crippen MR) is 77.5 cm³/mol. The van der Waals surface area contributed by atoms with E-state index in [9.17, 15) is 5.11 Å². The zero-order valence-corrected chi connectivity index (χ0v) is 12.4. The molecule has 2 rings (SSSR count). The number of ether oxygens (including phenoxy) is 1. The maximum Gasteiger partial charge on any atom is 0.123 e. The summed E-state index contributed by atoms with van der Waals surface area (Å²) < 4.78 is 5.11. The van der Waals surface area contributed by atoms with E-state index in [0.717, 1.165) is 31.1 Å². The molecule has 0 bridgehead atoms. The summed E-state index contributed by atoms with van der Waals surface area (Å²) in [5.74, 6) is 1.78. The SMILES string of the molecule is COc1ccc(CN2CCC(C(C)(C)C)C2)c(O)c1. The van der Waals surface area contributed by atoms with Crippen molar-refractivity contribution in [3.05, 3.63) is 23.8 Å². The van der Waals surface area contributed by atoms with Gasteiger partial charge in [-0.3, -0.25) is 4.90 Å². The van der Waals surface area contributed by atoms with Crippen molar-refractivity contribution >= 4 is 0 Å². The minimum absolute atomic E-state index is 0.332. The highest BCUT2D eigenvalue weighted by atomic mass is 16.5. The van der Waals surface area contributed by atoms with Gasteiger partial charge in [-0.2, -0.15) is 0 Å². The van der Waals surface area contributed by atoms with Crippen molar-refractivity contribution in [2.45, 2.75) is 33.7 Å². The van der Waals surface area contributed by atoms with Gasteiger partial charge < -0.3 is 9.84 Å². The van der Waals surface area contributed by atoms with Gasteiger partial charge in [0.1, 0.15) is 11.5 Å². The molecular formula is C16H25NO2. The van der Waals surface area contributed by atoms with Crippen molar-refractivity contribution in [2.75, 3.05) is 20.2 Å². The van der Waals surface area contributed by atoms with Crippen molar-refractivity contribution in [2.24, 2.45) is 11.3 Å². The van der Waals surface area contributed by atoms with Crippen molar-refractivity contribution in [3.63, 3.8) is 0 Å². The molecule has 1 aromatic carbocycles. The largest absolute Gasteiger partial charge is 0.507 e. The minimum atomic E-state index is 0.332. The average molecular weight is 263 g/mol. The van der Waals surface area contributed by atoms with Gasteiger partial charge in [0.05, 0.1) is 7.11 Å². The molecule has 0 aromatic heterocycles. The number of phenols is 1. The van der Waals surface area contributed by atoms with Crippen LogP contribution in [0.4, 0.5) is 0 Å². The second-order valence-corrected chi connectivity index (χ2v) is 6.58. The molecule has 0 amide bonds. The highest BCUT2D eigenvalue weighted by Crippen LogP contribution is 2.35. The van der Waals surface area contributed by atoms with Gasteiger partial charge in [-0.1, -0.05) is 26.8 Å². The molecule has 106 valence electrons. The number of phenolic OH excluding ortho intramolecular Hbond substituents is 1. The van der Waals surface area contributed by atoms with Gasteiger partial charge in [0.25, 0.3) is 0 Å². The maximum absolute atomic E-state index is 10.0. The lowest BCUT2D eigenvalue weighted by molar-refractivity contribution is 0.225. The third-order valence-electron chi connectivity index (χ3n) is 4.18. The first kappa shape index (κ1) is 14.2. The monoisotopic (exact) mass is 263 g/mol. The number of hydrogen-bond donors (Lipinski definition) is 1. The quantitative estimate of drug-likeness (QED) is 0.908. The van der Waals surface area contributed by atoms with Gasteiger partial charge in [0, 0.05) is 24.7 Å². The van der Waals surface area contributed by atoms with Crippen LogP contribution < -0.4 is 4.74 Å². The van der Waals surface area contributed by atoms with Gasteiger partial charge >= 0.3 is 0 Å². The Labute approximate surface area is 116 Å². The van der Waals surface area contributed by atoms with Crippen LogP contribution in [0.5, 0.6) is 11.5 Å². The molecule has 3 nitrogen and oxygen atoms in total. The Kier molecular flexibility index (Phi) is 4.04. The van der Waals surface area contributed by atoms with Crippen molar-refractivity contribution in [1.29, 1.82) is 0 Å². The second-order valence-electron chi connectivity index (χ2n) is 6.58. The molecule has 0 saturated carbocycles. The molecule has 1 aromatic rings. The fraction of sp³-hybridized carbons (Fsp3) is 0.625. The summed E-state index contributed by atoms with van der Waals surface area (Å²) in [5.41, 5.74) is 1.35. The molecule has 0 aliphatic carbocycles. The fourth-order valence-corrected chi connectivity index (χ4v) is 2.73. The predicted octanol–water partition coefficient (Wildman–Crippen LogP) is 3.27. The van der Waals surface area contributed by atoms with E-state index in [0.29, 0.717) is 16.9 Å². The first-order valence-corrected chi connectivity index (χ1v) is 6.98. The number of aromatic hydroxyl groups is 1. The van der Waals surface area contributed by atoms with Crippen LogP contribution in [0.1, 0.15) is 32.8 Å². The Bertz CT molecular complexity index is 437. The van der Waals surface area contributed by atoms with E-state index in [2.05, 4.69) is 25.7 Å². The van der Waals surface area contributed by atoms with Crippen LogP contribution in [0, 0.1) is 11.3 Å². The Morgan fingerprint density at radius 1 is 1.37 bits per heavy atom. The van der Waals surface area contributed by atoms with Gasteiger partial charge in [0.2, 0.25) is 0 Å². The number of rotatable bonds is 3. The van der Waals surface area contributed by atoms with Gasteiger partial charge in [-0.25, -0.2) is 0 Å². The Balaban J connectivity index is 1.99. The fourth-order valence-electron chi connectivity index (χ4n) is 2.73. The lowest BCUT2D eigenvalue weighted by atomic mass is 9.80. The van der Waals surface area contributed by atoms with Crippen molar-refractivity contribution < 1.29 is 9.84 Å². The smallest absolute Gasteiger partial charge is 0.123 e. The zero-order valence-electron chi connectivity index (χ0n) is 12.4. The highest BCUT2D eigenvalue weighted by Gasteiger charge is 2.31. The third kappa shape index (κ3) is 3.41. The molecule has 3 heteroatoms. The number of nitrogens with zero attached hydrogens (tertiary/aromatic N) is 1. The molecule has 1 unspecified atom stereocenters. The third-order valence-corrected chi connectivity index (χ3v) is 4.18. The number of methoxy groups -OCH3 is 1. The Hall–Kier alpha value is -1.22. The summed E-state index contributed by atoms with van der Waals surface area (Å²) in [7, 11) is 1.61. The Morgan fingerprint density at radius 2 is 2.11 bits per heavy atom. The molecule has 1 saturated heterocycles. The molecule has 1 aliphatic rings. The molecule has 1 N–H and O–H groups in total. The first-order chi connectivity index (χ1) is 8.90. The molecule has 1 atom stereocenters. The topological polar surface area (TPSA) is 32.7 Å². The molecule has 0 spiro atoms. The van der Waals surface area contributed by atoms with Crippen LogP contribution in [-0.4, -0.2) is 30.2 Å². The van der Waals surface area contributed by atoms with Crippen LogP contribution in [0.2, 0.25) is 0 Å². The highest BCUT2D eigenvalue weighted by molar-refractivity contribution is 5.39. The molecule has 1 fully saturated rings. The zero-order chi connectivity index (χ0) is 14.0. The van der Waals surface area contributed by atoms with Gasteiger partial charge in [-0.15, -0.1) is 0 Å². The van der Waals surface area contributed by atoms with Crippen LogP contribution in [0.25, 0.3) is 0 Å². The van der Waals surface area contributed by atoms with Crippen LogP contribution in [0.15, 0.2) is 18.2 Å². The number of likely N-dealkylation sites (tertiary alicyclic amines) is 1. The first-order valence-electron chi connectivity index (χ1n) is 6.98. The number of hydrogen-bond acceptors (Lipinski definition) is 3. The van der Waals surface area contributed by atoms with E-state index in [1.807, 2.05) is 12.1 Å². The van der Waals surface area contributed by atoms with Crippen molar-refractivity contribution in [1.82, 2.24) is 4.90 Å². The van der Waals surface area contributed by atoms with E-state index in [1.54, 1.807) is 13.2 Å². The normalized spacial score (nSPS) is 20.7. The van der Waals surface area contributed by atoms with Crippen molar-refractivity contribution in [3.8, 4) is 11.5 Å². The second kappa shape index (κ2) is 5.41. The summed E-state index contributed by atoms with van der Waals surface area (Å²) in [5, 5.41) is 10.0. The molecule has 1 aliphatic heterocycles. The summed E-state index contributed by atoms with van der Waals surface area (Å²) in [6, 6.07) is 5.55. The molecular weight excluding hydrogens is 238 g/mol. The molecule has 0 radical (unpaired) electrons. The minimum Gasteiger partial charge on any atom is -0.507 e. The molecule has 19 heavy (non-hydrogen) atoms. The maximum atomic E-state index is 10.0. The van der Waals surface area contributed by atoms with E-state index in [1.165, 1.54) is 6.42 Å². The van der Waals surface area contributed by atoms with Gasteiger partial charge in [0.15, 0.2) is 0 Å². The number of benzene rings is 1. The van der Waals surface area contributed by atoms with E-state index >= 15 is 0 Å². The summed E-state index contributed by atoms with van der Waals surface area (Å²) in [6.45, 7) is 9.99. The van der Waals surface area contributed by atoms with E-state index < -0.39 is 0 Å². The average Bonchev–Trinajstić information content (AvgIpc) is 2.80. The Morgan fingerprint density at radius 3 is 2.63 bits per heavy atom. The van der Waals surface area contributed by atoms with Gasteiger partial charge in [-0.05, 0) is 30.4 Å². The van der Waals surface area contributed by atoms with Crippen LogP contribution >= 0.6 is 0 Å². The summed E-state index contributed by atoms with van der Waals surface area (Å²) in [6.07, 6.45) is 1.25. The van der Waals surface area contributed by atoms with Crippen LogP contribution in [0.3, 0.4) is 0 Å².